The maximum absolute atomic E-state index is 13.4. The number of hydrogen-bond donors (Lipinski definition) is 1. The van der Waals surface area contributed by atoms with Gasteiger partial charge in [-0.3, -0.25) is 0 Å². The van der Waals surface area contributed by atoms with Crippen LogP contribution in [0, 0.1) is 5.82 Å². The van der Waals surface area contributed by atoms with Crippen molar-refractivity contribution in [1.82, 2.24) is 13.9 Å². The fourth-order valence-electron chi connectivity index (χ4n) is 2.66. The highest BCUT2D eigenvalue weighted by molar-refractivity contribution is 7.86. The van der Waals surface area contributed by atoms with Gasteiger partial charge in [-0.15, -0.1) is 0 Å². The zero-order valence-corrected chi connectivity index (χ0v) is 13.2. The van der Waals surface area contributed by atoms with Crippen molar-refractivity contribution < 1.29 is 12.8 Å². The van der Waals surface area contributed by atoms with E-state index in [0.717, 1.165) is 0 Å². The molecule has 1 aliphatic heterocycles. The Labute approximate surface area is 125 Å². The van der Waals surface area contributed by atoms with Gasteiger partial charge in [-0.25, -0.2) is 4.39 Å². The summed E-state index contributed by atoms with van der Waals surface area (Å²) >= 11 is 0. The Hall–Kier alpha value is -1.02. The third-order valence-corrected chi connectivity index (χ3v) is 5.95. The molecular formula is C14H22FN3O2S. The van der Waals surface area contributed by atoms with Crippen molar-refractivity contribution in [3.05, 3.63) is 35.6 Å². The molecule has 0 aliphatic carbocycles. The van der Waals surface area contributed by atoms with Crippen LogP contribution in [0.1, 0.15) is 25.5 Å². The van der Waals surface area contributed by atoms with Crippen molar-refractivity contribution >= 4 is 10.2 Å². The zero-order chi connectivity index (χ0) is 15.5. The summed E-state index contributed by atoms with van der Waals surface area (Å²) in [7, 11) is -3.53. The summed E-state index contributed by atoms with van der Waals surface area (Å²) < 4.78 is 41.8. The Kier molecular flexibility index (Phi) is 5.32. The molecule has 1 N–H and O–H groups in total. The molecule has 7 heteroatoms. The minimum Gasteiger partial charge on any atom is -0.313 e. The smallest absolute Gasteiger partial charge is 0.282 e. The maximum Gasteiger partial charge on any atom is 0.282 e. The molecular weight excluding hydrogens is 293 g/mol. The fraction of sp³-hybridized carbons (Fsp3) is 0.571. The molecule has 0 spiro atoms. The maximum atomic E-state index is 13.4. The van der Waals surface area contributed by atoms with Crippen LogP contribution in [0.5, 0.6) is 0 Å². The van der Waals surface area contributed by atoms with Crippen LogP contribution in [0.15, 0.2) is 24.3 Å². The third kappa shape index (κ3) is 3.42. The van der Waals surface area contributed by atoms with Gasteiger partial charge >= 0.3 is 0 Å². The minimum atomic E-state index is -3.53. The van der Waals surface area contributed by atoms with Crippen molar-refractivity contribution in [3.63, 3.8) is 0 Å². The van der Waals surface area contributed by atoms with Gasteiger partial charge in [0.15, 0.2) is 0 Å². The number of nitrogens with one attached hydrogen (secondary N) is 1. The van der Waals surface area contributed by atoms with Crippen molar-refractivity contribution in [2.45, 2.75) is 19.9 Å². The lowest BCUT2D eigenvalue weighted by molar-refractivity contribution is 0.249. The Balaban J connectivity index is 2.35. The lowest BCUT2D eigenvalue weighted by atomic mass is 10.1. The number of halogens is 1. The van der Waals surface area contributed by atoms with E-state index in [9.17, 15) is 12.8 Å². The highest BCUT2D eigenvalue weighted by Crippen LogP contribution is 2.27. The van der Waals surface area contributed by atoms with Crippen molar-refractivity contribution in [3.8, 4) is 0 Å². The van der Waals surface area contributed by atoms with E-state index in [1.54, 1.807) is 12.1 Å². The molecule has 0 saturated carbocycles. The molecule has 1 atom stereocenters. The molecule has 1 saturated heterocycles. The number of nitrogens with zero attached hydrogens (tertiary/aromatic N) is 2. The van der Waals surface area contributed by atoms with Gasteiger partial charge in [-0.1, -0.05) is 26.0 Å². The Bertz CT molecular complexity index is 575. The SMILES string of the molecule is CCN(CC)S(=O)(=O)N1CCNCC1c1cccc(F)c1. The molecule has 0 aromatic heterocycles. The van der Waals surface area contributed by atoms with Crippen molar-refractivity contribution in [2.75, 3.05) is 32.7 Å². The first-order valence-corrected chi connectivity index (χ1v) is 8.63. The quantitative estimate of drug-likeness (QED) is 0.892. The molecule has 1 aliphatic rings. The minimum absolute atomic E-state index is 0.349. The Morgan fingerprint density at radius 1 is 1.38 bits per heavy atom. The summed E-state index contributed by atoms with van der Waals surface area (Å²) in [5, 5.41) is 3.18. The first kappa shape index (κ1) is 16.4. The van der Waals surface area contributed by atoms with E-state index in [1.807, 2.05) is 13.8 Å². The summed E-state index contributed by atoms with van der Waals surface area (Å²) in [6.07, 6.45) is 0. The monoisotopic (exact) mass is 315 g/mol. The van der Waals surface area contributed by atoms with Crippen LogP contribution in [-0.2, 0) is 10.2 Å². The molecule has 21 heavy (non-hydrogen) atoms. The molecule has 0 bridgehead atoms. The first-order valence-electron chi connectivity index (χ1n) is 7.23. The second kappa shape index (κ2) is 6.83. The molecule has 0 amide bonds. The lowest BCUT2D eigenvalue weighted by Gasteiger charge is -2.38. The fourth-order valence-corrected chi connectivity index (χ4v) is 4.45. The normalized spacial score (nSPS) is 20.9. The van der Waals surface area contributed by atoms with E-state index in [-0.39, 0.29) is 11.9 Å². The van der Waals surface area contributed by atoms with E-state index in [1.165, 1.54) is 20.7 Å². The molecule has 1 unspecified atom stereocenters. The second-order valence-electron chi connectivity index (χ2n) is 4.98. The van der Waals surface area contributed by atoms with E-state index in [4.69, 9.17) is 0 Å². The lowest BCUT2D eigenvalue weighted by Crippen LogP contribution is -2.53. The zero-order valence-electron chi connectivity index (χ0n) is 12.4. The molecule has 5 nitrogen and oxygen atoms in total. The van der Waals surface area contributed by atoms with Crippen LogP contribution in [0.3, 0.4) is 0 Å². The molecule has 1 aromatic carbocycles. The van der Waals surface area contributed by atoms with Crippen LogP contribution >= 0.6 is 0 Å². The van der Waals surface area contributed by atoms with Gasteiger partial charge in [-0.05, 0) is 17.7 Å². The van der Waals surface area contributed by atoms with E-state index in [2.05, 4.69) is 5.32 Å². The predicted octanol–water partition coefficient (Wildman–Crippen LogP) is 1.36. The largest absolute Gasteiger partial charge is 0.313 e. The van der Waals surface area contributed by atoms with Crippen molar-refractivity contribution in [1.29, 1.82) is 0 Å². The van der Waals surface area contributed by atoms with E-state index in [0.29, 0.717) is 38.3 Å². The van der Waals surface area contributed by atoms with Crippen LogP contribution in [-0.4, -0.2) is 49.8 Å². The first-order chi connectivity index (χ1) is 10.0. The summed E-state index contributed by atoms with van der Waals surface area (Å²) in [5.74, 6) is -0.349. The molecule has 1 heterocycles. The summed E-state index contributed by atoms with van der Waals surface area (Å²) in [5.41, 5.74) is 0.679. The number of piperazine rings is 1. The summed E-state index contributed by atoms with van der Waals surface area (Å²) in [4.78, 5) is 0. The van der Waals surface area contributed by atoms with Gasteiger partial charge in [0.25, 0.3) is 10.2 Å². The van der Waals surface area contributed by atoms with Crippen LogP contribution in [0.25, 0.3) is 0 Å². The van der Waals surface area contributed by atoms with Crippen molar-refractivity contribution in [2.24, 2.45) is 0 Å². The summed E-state index contributed by atoms with van der Waals surface area (Å²) in [6.45, 7) is 5.98. The van der Waals surface area contributed by atoms with Crippen LogP contribution < -0.4 is 5.32 Å². The van der Waals surface area contributed by atoms with Gasteiger partial charge in [0.2, 0.25) is 0 Å². The predicted molar refractivity (Wildman–Crippen MR) is 80.6 cm³/mol. The average molecular weight is 315 g/mol. The molecule has 1 fully saturated rings. The van der Waals surface area contributed by atoms with Gasteiger partial charge < -0.3 is 5.32 Å². The Morgan fingerprint density at radius 2 is 2.10 bits per heavy atom. The van der Waals surface area contributed by atoms with E-state index < -0.39 is 10.2 Å². The Morgan fingerprint density at radius 3 is 2.71 bits per heavy atom. The number of rotatable bonds is 5. The molecule has 0 radical (unpaired) electrons. The van der Waals surface area contributed by atoms with Gasteiger partial charge in [0.1, 0.15) is 5.82 Å². The van der Waals surface area contributed by atoms with Gasteiger partial charge in [0.05, 0.1) is 6.04 Å². The molecule has 2 rings (SSSR count). The standard InChI is InChI=1S/C14H22FN3O2S/c1-3-17(4-2)21(19,20)18-9-8-16-11-14(18)12-6-5-7-13(15)10-12/h5-7,10,14,16H,3-4,8-9,11H2,1-2H3. The highest BCUT2D eigenvalue weighted by atomic mass is 32.2. The van der Waals surface area contributed by atoms with Crippen LogP contribution in [0.2, 0.25) is 0 Å². The topological polar surface area (TPSA) is 52.7 Å². The third-order valence-electron chi connectivity index (χ3n) is 3.76. The molecule has 1 aromatic rings. The van der Waals surface area contributed by atoms with Gasteiger partial charge in [-0.2, -0.15) is 17.0 Å². The number of hydrogen-bond acceptors (Lipinski definition) is 3. The highest BCUT2D eigenvalue weighted by Gasteiger charge is 2.36. The molecule has 118 valence electrons. The van der Waals surface area contributed by atoms with Gasteiger partial charge in [0, 0.05) is 32.7 Å². The average Bonchev–Trinajstić information content (AvgIpc) is 2.48. The van der Waals surface area contributed by atoms with E-state index >= 15 is 0 Å². The summed E-state index contributed by atoms with van der Waals surface area (Å²) in [6, 6.07) is 5.78. The number of benzene rings is 1. The second-order valence-corrected chi connectivity index (χ2v) is 6.86. The van der Waals surface area contributed by atoms with Crippen LogP contribution in [0.4, 0.5) is 4.39 Å².